The van der Waals surface area contributed by atoms with Crippen molar-refractivity contribution in [2.45, 2.75) is 0 Å². The lowest BCUT2D eigenvalue weighted by Crippen LogP contribution is -2.02. The number of aromatic hydroxyl groups is 1. The van der Waals surface area contributed by atoms with Crippen LogP contribution in [0.5, 0.6) is 5.75 Å². The number of para-hydroxylation sites is 1. The molecule has 0 unspecified atom stereocenters. The minimum atomic E-state index is -0.368. The summed E-state index contributed by atoms with van der Waals surface area (Å²) >= 11 is 0. The fourth-order valence-corrected chi connectivity index (χ4v) is 1.85. The maximum atomic E-state index is 12.2. The Morgan fingerprint density at radius 3 is 1.56 bits per heavy atom. The molecule has 1 rings (SSSR count). The third-order valence-corrected chi connectivity index (χ3v) is 3.05. The SMILES string of the molecule is CN(C)/C=C/C=C/C(=O)c1cccc(C(=O)/C=C/C=C/N(C)C)c1O. The van der Waals surface area contributed by atoms with Crippen LogP contribution in [0.1, 0.15) is 20.7 Å². The number of phenolic OH excluding ortho intramolecular Hbond substituents is 1. The van der Waals surface area contributed by atoms with Crippen molar-refractivity contribution in [2.24, 2.45) is 0 Å². The number of hydrogen-bond donors (Lipinski definition) is 1. The second kappa shape index (κ2) is 9.93. The molecule has 132 valence electrons. The number of allylic oxidation sites excluding steroid dienone is 6. The maximum absolute atomic E-state index is 12.2. The number of rotatable bonds is 8. The number of nitrogens with zero attached hydrogens (tertiary/aromatic N) is 2. The van der Waals surface area contributed by atoms with Gasteiger partial charge in [0, 0.05) is 28.2 Å². The molecule has 0 saturated carbocycles. The van der Waals surface area contributed by atoms with E-state index in [1.54, 1.807) is 42.8 Å². The number of ketones is 2. The molecule has 0 fully saturated rings. The molecule has 0 atom stereocenters. The van der Waals surface area contributed by atoms with E-state index in [2.05, 4.69) is 0 Å². The number of hydrogen-bond acceptors (Lipinski definition) is 5. The average Bonchev–Trinajstić information content (AvgIpc) is 2.55. The summed E-state index contributed by atoms with van der Waals surface area (Å²) in [6, 6.07) is 4.56. The van der Waals surface area contributed by atoms with Crippen LogP contribution in [0.4, 0.5) is 0 Å². The molecule has 0 aliphatic rings. The van der Waals surface area contributed by atoms with Crippen molar-refractivity contribution in [3.05, 3.63) is 78.2 Å². The molecule has 0 radical (unpaired) electrons. The molecule has 0 amide bonds. The fraction of sp³-hybridized carbons (Fsp3) is 0.200. The van der Waals surface area contributed by atoms with E-state index in [-0.39, 0.29) is 28.4 Å². The highest BCUT2D eigenvalue weighted by Gasteiger charge is 2.15. The summed E-state index contributed by atoms with van der Waals surface area (Å²) in [7, 11) is 7.48. The van der Waals surface area contributed by atoms with Gasteiger partial charge in [-0.1, -0.05) is 18.2 Å². The van der Waals surface area contributed by atoms with E-state index in [0.717, 1.165) is 0 Å². The lowest BCUT2D eigenvalue weighted by atomic mass is 10.0. The molecule has 0 spiro atoms. The zero-order valence-corrected chi connectivity index (χ0v) is 15.0. The lowest BCUT2D eigenvalue weighted by Gasteiger charge is -2.05. The molecule has 0 saturated heterocycles. The molecular formula is C20H24N2O3. The van der Waals surface area contributed by atoms with E-state index in [9.17, 15) is 14.7 Å². The Kier molecular flexibility index (Phi) is 7.93. The van der Waals surface area contributed by atoms with Gasteiger partial charge in [-0.05, 0) is 48.8 Å². The summed E-state index contributed by atoms with van der Waals surface area (Å²) in [5, 5.41) is 10.3. The van der Waals surface area contributed by atoms with Crippen LogP contribution in [-0.2, 0) is 0 Å². The molecule has 1 aromatic rings. The maximum Gasteiger partial charge on any atom is 0.189 e. The summed E-state index contributed by atoms with van der Waals surface area (Å²) in [6.07, 6.45) is 12.9. The number of carbonyl (C=O) groups is 2. The van der Waals surface area contributed by atoms with Crippen molar-refractivity contribution in [1.29, 1.82) is 0 Å². The summed E-state index contributed by atoms with van der Waals surface area (Å²) in [5.74, 6) is -1.04. The Morgan fingerprint density at radius 2 is 1.20 bits per heavy atom. The van der Waals surface area contributed by atoms with Crippen LogP contribution in [0.15, 0.2) is 67.1 Å². The summed E-state index contributed by atoms with van der Waals surface area (Å²) in [5.41, 5.74) is 0.190. The smallest absolute Gasteiger partial charge is 0.189 e. The Morgan fingerprint density at radius 1 is 0.800 bits per heavy atom. The summed E-state index contributed by atoms with van der Waals surface area (Å²) < 4.78 is 0. The van der Waals surface area contributed by atoms with Gasteiger partial charge in [0.15, 0.2) is 11.6 Å². The molecule has 1 N–H and O–H groups in total. The molecule has 0 aliphatic heterocycles. The van der Waals surface area contributed by atoms with Crippen LogP contribution in [-0.4, -0.2) is 54.7 Å². The van der Waals surface area contributed by atoms with E-state index in [1.807, 2.05) is 38.0 Å². The molecular weight excluding hydrogens is 316 g/mol. The zero-order chi connectivity index (χ0) is 18.8. The number of carbonyl (C=O) groups excluding carboxylic acids is 2. The minimum absolute atomic E-state index is 0.0950. The van der Waals surface area contributed by atoms with E-state index in [0.29, 0.717) is 0 Å². The highest BCUT2D eigenvalue weighted by Crippen LogP contribution is 2.24. The van der Waals surface area contributed by atoms with Crippen molar-refractivity contribution in [3.63, 3.8) is 0 Å². The molecule has 0 heterocycles. The zero-order valence-electron chi connectivity index (χ0n) is 15.0. The van der Waals surface area contributed by atoms with Crippen molar-refractivity contribution in [1.82, 2.24) is 9.80 Å². The predicted octanol–water partition coefficient (Wildman–Crippen LogP) is 3.02. The Balaban J connectivity index is 2.94. The van der Waals surface area contributed by atoms with Gasteiger partial charge in [-0.25, -0.2) is 0 Å². The van der Waals surface area contributed by atoms with Crippen LogP contribution < -0.4 is 0 Å². The number of benzene rings is 1. The van der Waals surface area contributed by atoms with Gasteiger partial charge in [0.05, 0.1) is 11.1 Å². The lowest BCUT2D eigenvalue weighted by molar-refractivity contribution is 0.104. The third kappa shape index (κ3) is 6.91. The molecule has 5 heteroatoms. The second-order valence-corrected chi connectivity index (χ2v) is 5.76. The topological polar surface area (TPSA) is 60.9 Å². The van der Waals surface area contributed by atoms with Crippen molar-refractivity contribution < 1.29 is 14.7 Å². The quantitative estimate of drug-likeness (QED) is 0.448. The van der Waals surface area contributed by atoms with Crippen LogP contribution >= 0.6 is 0 Å². The highest BCUT2D eigenvalue weighted by atomic mass is 16.3. The first kappa shape index (κ1) is 20.0. The number of phenols is 1. The highest BCUT2D eigenvalue weighted by molar-refractivity contribution is 6.12. The van der Waals surface area contributed by atoms with Gasteiger partial charge in [0.1, 0.15) is 5.75 Å². The molecule has 0 aromatic heterocycles. The van der Waals surface area contributed by atoms with Crippen molar-refractivity contribution >= 4 is 11.6 Å². The first-order valence-corrected chi connectivity index (χ1v) is 7.76. The van der Waals surface area contributed by atoms with Gasteiger partial charge in [-0.2, -0.15) is 0 Å². The van der Waals surface area contributed by atoms with Gasteiger partial charge in [-0.3, -0.25) is 9.59 Å². The van der Waals surface area contributed by atoms with Crippen LogP contribution in [0.25, 0.3) is 0 Å². The van der Waals surface area contributed by atoms with E-state index >= 15 is 0 Å². The second-order valence-electron chi connectivity index (χ2n) is 5.76. The van der Waals surface area contributed by atoms with E-state index in [1.165, 1.54) is 24.3 Å². The monoisotopic (exact) mass is 340 g/mol. The average molecular weight is 340 g/mol. The van der Waals surface area contributed by atoms with E-state index < -0.39 is 0 Å². The van der Waals surface area contributed by atoms with Crippen molar-refractivity contribution in [3.8, 4) is 5.75 Å². The molecule has 1 aromatic carbocycles. The normalized spacial score (nSPS) is 11.8. The minimum Gasteiger partial charge on any atom is -0.506 e. The first-order valence-electron chi connectivity index (χ1n) is 7.76. The van der Waals surface area contributed by atoms with Crippen LogP contribution in [0.2, 0.25) is 0 Å². The molecule has 0 aliphatic carbocycles. The van der Waals surface area contributed by atoms with Gasteiger partial charge < -0.3 is 14.9 Å². The van der Waals surface area contributed by atoms with E-state index in [4.69, 9.17) is 0 Å². The van der Waals surface area contributed by atoms with Gasteiger partial charge in [0.2, 0.25) is 0 Å². The Bertz CT molecular complexity index is 668. The Labute approximate surface area is 148 Å². The largest absolute Gasteiger partial charge is 0.506 e. The van der Waals surface area contributed by atoms with Gasteiger partial charge in [0.25, 0.3) is 0 Å². The summed E-state index contributed by atoms with van der Waals surface area (Å²) in [4.78, 5) is 28.0. The molecule has 0 bridgehead atoms. The van der Waals surface area contributed by atoms with Gasteiger partial charge in [-0.15, -0.1) is 0 Å². The fourth-order valence-electron chi connectivity index (χ4n) is 1.85. The standard InChI is InChI=1S/C20H24N2O3/c1-21(2)14-7-5-12-18(23)16-10-9-11-17(20(16)25)19(24)13-6-8-15-22(3)4/h5-15,25H,1-4H3/b12-5+,13-6+,14-7+,15-8+. The summed E-state index contributed by atoms with van der Waals surface area (Å²) in [6.45, 7) is 0. The molecule has 25 heavy (non-hydrogen) atoms. The molecule has 5 nitrogen and oxygen atoms in total. The van der Waals surface area contributed by atoms with Crippen LogP contribution in [0, 0.1) is 0 Å². The predicted molar refractivity (Wildman–Crippen MR) is 101 cm³/mol. The van der Waals surface area contributed by atoms with Gasteiger partial charge >= 0.3 is 0 Å². The van der Waals surface area contributed by atoms with Crippen LogP contribution in [0.3, 0.4) is 0 Å². The Hall–Kier alpha value is -3.08. The first-order chi connectivity index (χ1) is 11.8. The third-order valence-electron chi connectivity index (χ3n) is 3.05. The van der Waals surface area contributed by atoms with Crippen molar-refractivity contribution in [2.75, 3.05) is 28.2 Å².